The molecular formula is C20H20N2O4. The molecule has 0 aliphatic rings. The normalized spacial score (nSPS) is 10.7. The Bertz CT molecular complexity index is 1020. The summed E-state index contributed by atoms with van der Waals surface area (Å²) < 4.78 is 10.9. The van der Waals surface area contributed by atoms with Crippen LogP contribution in [0.25, 0.3) is 11.0 Å². The molecule has 26 heavy (non-hydrogen) atoms. The Kier molecular flexibility index (Phi) is 5.02. The number of nitrogens with zero attached hydrogens (tertiary/aromatic N) is 1. The summed E-state index contributed by atoms with van der Waals surface area (Å²) in [6, 6.07) is 8.60. The van der Waals surface area contributed by atoms with Crippen molar-refractivity contribution in [2.75, 3.05) is 12.4 Å². The third kappa shape index (κ3) is 3.31. The van der Waals surface area contributed by atoms with Crippen molar-refractivity contribution >= 4 is 22.6 Å². The molecule has 3 aromatic rings. The number of amides is 1. The van der Waals surface area contributed by atoms with Crippen LogP contribution in [-0.4, -0.2) is 18.0 Å². The standard InChI is InChI=1S/C20H20N2O4/c1-4-6-14-17(25-3)9-8-13-11-15(20(24)26-18(13)14)19(23)22-16-7-5-10-21-12(16)2/h5,7-11H,4,6H2,1-3H3,(H,22,23). The second-order valence-corrected chi connectivity index (χ2v) is 5.95. The zero-order valence-corrected chi connectivity index (χ0v) is 15.0. The van der Waals surface area contributed by atoms with E-state index in [4.69, 9.17) is 9.15 Å². The molecule has 0 spiro atoms. The number of carbonyl (C=O) groups excluding carboxylic acids is 1. The predicted molar refractivity (Wildman–Crippen MR) is 100.0 cm³/mol. The maximum Gasteiger partial charge on any atom is 0.349 e. The van der Waals surface area contributed by atoms with Crippen LogP contribution in [0, 0.1) is 6.92 Å². The maximum absolute atomic E-state index is 12.5. The lowest BCUT2D eigenvalue weighted by atomic mass is 10.0. The molecular weight excluding hydrogens is 332 g/mol. The van der Waals surface area contributed by atoms with Gasteiger partial charge in [0, 0.05) is 17.1 Å². The fraction of sp³-hybridized carbons (Fsp3) is 0.250. The van der Waals surface area contributed by atoms with Crippen molar-refractivity contribution < 1.29 is 13.9 Å². The fourth-order valence-electron chi connectivity index (χ4n) is 2.87. The van der Waals surface area contributed by atoms with Crippen molar-refractivity contribution in [3.8, 4) is 5.75 Å². The summed E-state index contributed by atoms with van der Waals surface area (Å²) in [5, 5.41) is 3.39. The van der Waals surface area contributed by atoms with Crippen molar-refractivity contribution in [2.45, 2.75) is 26.7 Å². The number of aryl methyl sites for hydroxylation is 2. The number of aromatic nitrogens is 1. The van der Waals surface area contributed by atoms with Gasteiger partial charge in [0.2, 0.25) is 0 Å². The van der Waals surface area contributed by atoms with E-state index in [2.05, 4.69) is 10.3 Å². The van der Waals surface area contributed by atoms with E-state index in [0.717, 1.165) is 12.0 Å². The molecule has 0 radical (unpaired) electrons. The van der Waals surface area contributed by atoms with Crippen molar-refractivity contribution in [1.82, 2.24) is 4.98 Å². The average molecular weight is 352 g/mol. The van der Waals surface area contributed by atoms with Gasteiger partial charge in [-0.25, -0.2) is 4.79 Å². The lowest BCUT2D eigenvalue weighted by molar-refractivity contribution is 0.102. The van der Waals surface area contributed by atoms with Crippen molar-refractivity contribution in [1.29, 1.82) is 0 Å². The molecule has 134 valence electrons. The van der Waals surface area contributed by atoms with E-state index in [-0.39, 0.29) is 5.56 Å². The number of carbonyl (C=O) groups is 1. The van der Waals surface area contributed by atoms with Gasteiger partial charge in [0.15, 0.2) is 0 Å². The molecule has 1 N–H and O–H groups in total. The lowest BCUT2D eigenvalue weighted by Gasteiger charge is -2.11. The van der Waals surface area contributed by atoms with Gasteiger partial charge in [0.1, 0.15) is 16.9 Å². The predicted octanol–water partition coefficient (Wildman–Crippen LogP) is 3.71. The minimum absolute atomic E-state index is 0.0478. The van der Waals surface area contributed by atoms with Gasteiger partial charge in [0.25, 0.3) is 5.91 Å². The van der Waals surface area contributed by atoms with E-state index in [9.17, 15) is 9.59 Å². The van der Waals surface area contributed by atoms with Gasteiger partial charge in [-0.3, -0.25) is 9.78 Å². The monoisotopic (exact) mass is 352 g/mol. The molecule has 0 fully saturated rings. The highest BCUT2D eigenvalue weighted by atomic mass is 16.5. The first-order valence-electron chi connectivity index (χ1n) is 8.41. The summed E-state index contributed by atoms with van der Waals surface area (Å²) in [6.45, 7) is 3.82. The maximum atomic E-state index is 12.5. The molecule has 2 heterocycles. The minimum atomic E-state index is -0.679. The highest BCUT2D eigenvalue weighted by Gasteiger charge is 2.18. The van der Waals surface area contributed by atoms with E-state index in [0.29, 0.717) is 34.5 Å². The van der Waals surface area contributed by atoms with Crippen molar-refractivity contribution in [3.63, 3.8) is 0 Å². The van der Waals surface area contributed by atoms with Gasteiger partial charge in [-0.1, -0.05) is 13.3 Å². The molecule has 2 aromatic heterocycles. The van der Waals surface area contributed by atoms with Crippen LogP contribution in [0.15, 0.2) is 45.7 Å². The summed E-state index contributed by atoms with van der Waals surface area (Å²) in [5.74, 6) is 0.148. The zero-order chi connectivity index (χ0) is 18.7. The van der Waals surface area contributed by atoms with Crippen LogP contribution in [0.5, 0.6) is 5.75 Å². The van der Waals surface area contributed by atoms with Gasteiger partial charge in [0.05, 0.1) is 18.5 Å². The molecule has 0 bridgehead atoms. The van der Waals surface area contributed by atoms with E-state index >= 15 is 0 Å². The number of hydrogen-bond donors (Lipinski definition) is 1. The van der Waals surface area contributed by atoms with Crippen LogP contribution in [0.4, 0.5) is 5.69 Å². The first kappa shape index (κ1) is 17.7. The number of pyridine rings is 1. The van der Waals surface area contributed by atoms with E-state index in [1.807, 2.05) is 13.0 Å². The first-order chi connectivity index (χ1) is 12.5. The Morgan fingerprint density at radius 1 is 1.31 bits per heavy atom. The molecule has 6 nitrogen and oxygen atoms in total. The number of ether oxygens (including phenoxy) is 1. The molecule has 3 rings (SSSR count). The molecule has 0 saturated carbocycles. The van der Waals surface area contributed by atoms with E-state index < -0.39 is 11.5 Å². The molecule has 1 amide bonds. The van der Waals surface area contributed by atoms with Crippen LogP contribution >= 0.6 is 0 Å². The minimum Gasteiger partial charge on any atom is -0.496 e. The van der Waals surface area contributed by atoms with E-state index in [1.54, 1.807) is 44.5 Å². The average Bonchev–Trinajstić information content (AvgIpc) is 2.63. The second-order valence-electron chi connectivity index (χ2n) is 5.95. The quantitative estimate of drug-likeness (QED) is 0.708. The van der Waals surface area contributed by atoms with Gasteiger partial charge in [-0.05, 0) is 43.7 Å². The second kappa shape index (κ2) is 7.39. The summed E-state index contributed by atoms with van der Waals surface area (Å²) in [7, 11) is 1.58. The number of anilines is 1. The molecule has 0 unspecified atom stereocenters. The first-order valence-corrected chi connectivity index (χ1v) is 8.41. The van der Waals surface area contributed by atoms with Crippen LogP contribution in [-0.2, 0) is 6.42 Å². The Balaban J connectivity index is 2.05. The van der Waals surface area contributed by atoms with Gasteiger partial charge < -0.3 is 14.5 Å². The van der Waals surface area contributed by atoms with Gasteiger partial charge in [-0.15, -0.1) is 0 Å². The SMILES string of the molecule is CCCc1c(OC)ccc2cc(C(=O)Nc3cccnc3C)c(=O)oc12. The Morgan fingerprint density at radius 2 is 2.12 bits per heavy atom. The Hall–Kier alpha value is -3.15. The van der Waals surface area contributed by atoms with Crippen molar-refractivity contribution in [3.05, 3.63) is 63.8 Å². The highest BCUT2D eigenvalue weighted by molar-refractivity contribution is 6.05. The number of rotatable bonds is 5. The Labute approximate surface area is 150 Å². The fourth-order valence-corrected chi connectivity index (χ4v) is 2.87. The lowest BCUT2D eigenvalue weighted by Crippen LogP contribution is -2.21. The number of benzene rings is 1. The van der Waals surface area contributed by atoms with Crippen LogP contribution < -0.4 is 15.7 Å². The smallest absolute Gasteiger partial charge is 0.349 e. The van der Waals surface area contributed by atoms with Crippen LogP contribution in [0.3, 0.4) is 0 Å². The number of methoxy groups -OCH3 is 1. The van der Waals surface area contributed by atoms with Crippen molar-refractivity contribution in [2.24, 2.45) is 0 Å². The third-order valence-electron chi connectivity index (χ3n) is 4.18. The van der Waals surface area contributed by atoms with Gasteiger partial charge >= 0.3 is 5.63 Å². The number of nitrogens with one attached hydrogen (secondary N) is 1. The zero-order valence-electron chi connectivity index (χ0n) is 15.0. The van der Waals surface area contributed by atoms with Gasteiger partial charge in [-0.2, -0.15) is 0 Å². The molecule has 1 aromatic carbocycles. The summed E-state index contributed by atoms with van der Waals surface area (Å²) in [5.41, 5.74) is 1.79. The topological polar surface area (TPSA) is 81.4 Å². The highest BCUT2D eigenvalue weighted by Crippen LogP contribution is 2.29. The third-order valence-corrected chi connectivity index (χ3v) is 4.18. The summed E-state index contributed by atoms with van der Waals surface area (Å²) in [4.78, 5) is 29.1. The molecule has 0 aliphatic heterocycles. The molecule has 0 aliphatic carbocycles. The summed E-state index contributed by atoms with van der Waals surface area (Å²) in [6.07, 6.45) is 3.23. The van der Waals surface area contributed by atoms with E-state index in [1.165, 1.54) is 0 Å². The number of hydrogen-bond acceptors (Lipinski definition) is 5. The van der Waals surface area contributed by atoms with Crippen LogP contribution in [0.2, 0.25) is 0 Å². The summed E-state index contributed by atoms with van der Waals surface area (Å²) >= 11 is 0. The Morgan fingerprint density at radius 3 is 2.81 bits per heavy atom. The molecule has 0 atom stereocenters. The number of fused-ring (bicyclic) bond motifs is 1. The molecule has 6 heteroatoms. The largest absolute Gasteiger partial charge is 0.496 e. The van der Waals surface area contributed by atoms with Crippen LogP contribution in [0.1, 0.15) is 35.0 Å². The molecule has 0 saturated heterocycles.